The summed E-state index contributed by atoms with van der Waals surface area (Å²) in [6.45, 7) is -1.16. The average Bonchev–Trinajstić information content (AvgIpc) is 3.17. The van der Waals surface area contributed by atoms with Crippen molar-refractivity contribution in [2.24, 2.45) is 0 Å². The zero-order valence-electron chi connectivity index (χ0n) is 13.0. The molecule has 4 nitrogen and oxygen atoms in total. The number of aromatic nitrogens is 2. The first kappa shape index (κ1) is 16.5. The van der Waals surface area contributed by atoms with Crippen LogP contribution in [-0.4, -0.2) is 20.9 Å². The number of carbonyl (C=O) groups is 1. The van der Waals surface area contributed by atoms with E-state index in [1.54, 1.807) is 13.0 Å². The fourth-order valence-corrected chi connectivity index (χ4v) is 3.68. The number of carboxylic acids is 1. The molecule has 3 rings (SSSR count). The maximum Gasteiger partial charge on any atom is 0.333 e. The highest BCUT2D eigenvalue weighted by Crippen LogP contribution is 2.49. The fourth-order valence-electron chi connectivity index (χ4n) is 3.68. The molecule has 1 aliphatic carbocycles. The Bertz CT molecular complexity index is 775. The third-order valence-corrected chi connectivity index (χ3v) is 5.00. The van der Waals surface area contributed by atoms with Crippen molar-refractivity contribution in [2.45, 2.75) is 44.1 Å². The van der Waals surface area contributed by atoms with Gasteiger partial charge in [0.15, 0.2) is 0 Å². The SMILES string of the molecule is Cc1c(F)cccc1[C@]1(C(=O)O)CC[C@H](c2cnn(C(F)F)c2)C1. The van der Waals surface area contributed by atoms with Gasteiger partial charge < -0.3 is 5.11 Å². The summed E-state index contributed by atoms with van der Waals surface area (Å²) in [6.07, 6.45) is 3.70. The van der Waals surface area contributed by atoms with Gasteiger partial charge in [-0.1, -0.05) is 12.1 Å². The third-order valence-electron chi connectivity index (χ3n) is 5.00. The quantitative estimate of drug-likeness (QED) is 0.916. The molecule has 7 heteroatoms. The second-order valence-corrected chi connectivity index (χ2v) is 6.27. The number of aliphatic carboxylic acids is 1. The molecule has 0 saturated heterocycles. The molecule has 1 fully saturated rings. The van der Waals surface area contributed by atoms with E-state index in [1.165, 1.54) is 24.5 Å². The smallest absolute Gasteiger partial charge is 0.333 e. The van der Waals surface area contributed by atoms with Gasteiger partial charge in [0.2, 0.25) is 0 Å². The number of hydrogen-bond donors (Lipinski definition) is 1. The fraction of sp³-hybridized carbons (Fsp3) is 0.412. The highest BCUT2D eigenvalue weighted by molar-refractivity contribution is 5.82. The molecule has 0 unspecified atom stereocenters. The summed E-state index contributed by atoms with van der Waals surface area (Å²) >= 11 is 0. The number of rotatable bonds is 4. The van der Waals surface area contributed by atoms with Crippen LogP contribution < -0.4 is 0 Å². The minimum Gasteiger partial charge on any atom is -0.481 e. The molecule has 2 atom stereocenters. The van der Waals surface area contributed by atoms with Crippen molar-refractivity contribution in [1.29, 1.82) is 0 Å². The van der Waals surface area contributed by atoms with Crippen LogP contribution in [0.3, 0.4) is 0 Å². The van der Waals surface area contributed by atoms with Crippen LogP contribution in [0, 0.1) is 12.7 Å². The van der Waals surface area contributed by atoms with E-state index in [0.717, 1.165) is 0 Å². The highest BCUT2D eigenvalue weighted by atomic mass is 19.3. The van der Waals surface area contributed by atoms with E-state index in [2.05, 4.69) is 5.10 Å². The minimum absolute atomic E-state index is 0.198. The molecule has 1 aromatic carbocycles. The Balaban J connectivity index is 1.96. The summed E-state index contributed by atoms with van der Waals surface area (Å²) in [4.78, 5) is 12.0. The largest absolute Gasteiger partial charge is 0.481 e. The van der Waals surface area contributed by atoms with Gasteiger partial charge in [-0.2, -0.15) is 13.9 Å². The van der Waals surface area contributed by atoms with Crippen molar-refractivity contribution in [3.8, 4) is 0 Å². The molecule has 0 spiro atoms. The van der Waals surface area contributed by atoms with Crippen molar-refractivity contribution in [3.63, 3.8) is 0 Å². The number of hydrogen-bond acceptors (Lipinski definition) is 2. The molecule has 2 aromatic rings. The van der Waals surface area contributed by atoms with Crippen molar-refractivity contribution in [1.82, 2.24) is 9.78 Å². The van der Waals surface area contributed by atoms with Crippen molar-refractivity contribution >= 4 is 5.97 Å². The van der Waals surface area contributed by atoms with Crippen LogP contribution in [0.25, 0.3) is 0 Å². The summed E-state index contributed by atoms with van der Waals surface area (Å²) in [6, 6.07) is 4.44. The Labute approximate surface area is 136 Å². The summed E-state index contributed by atoms with van der Waals surface area (Å²) in [7, 11) is 0. The predicted molar refractivity (Wildman–Crippen MR) is 80.5 cm³/mol. The number of benzene rings is 1. The van der Waals surface area contributed by atoms with E-state index in [-0.39, 0.29) is 12.3 Å². The second kappa shape index (κ2) is 5.96. The van der Waals surface area contributed by atoms with Gasteiger partial charge in [0.25, 0.3) is 0 Å². The molecule has 1 aliphatic rings. The van der Waals surface area contributed by atoms with Crippen LogP contribution in [0.2, 0.25) is 0 Å². The van der Waals surface area contributed by atoms with Gasteiger partial charge in [-0.3, -0.25) is 4.79 Å². The first-order valence-corrected chi connectivity index (χ1v) is 7.66. The van der Waals surface area contributed by atoms with Crippen LogP contribution in [0.4, 0.5) is 13.2 Å². The van der Waals surface area contributed by atoms with Gasteiger partial charge in [-0.15, -0.1) is 0 Å². The van der Waals surface area contributed by atoms with Gasteiger partial charge in [-0.25, -0.2) is 9.07 Å². The molecule has 128 valence electrons. The molecular weight excluding hydrogens is 321 g/mol. The van der Waals surface area contributed by atoms with Gasteiger partial charge in [0.05, 0.1) is 11.6 Å². The van der Waals surface area contributed by atoms with Crippen LogP contribution >= 0.6 is 0 Å². The first-order chi connectivity index (χ1) is 11.3. The van der Waals surface area contributed by atoms with E-state index in [9.17, 15) is 23.1 Å². The normalized spacial score (nSPS) is 23.8. The molecule has 1 heterocycles. The molecule has 1 aromatic heterocycles. The number of halogens is 3. The van der Waals surface area contributed by atoms with Crippen LogP contribution in [0.1, 0.15) is 48.4 Å². The summed E-state index contributed by atoms with van der Waals surface area (Å²) < 4.78 is 39.8. The highest BCUT2D eigenvalue weighted by Gasteiger charge is 2.48. The Morgan fingerprint density at radius 1 is 1.46 bits per heavy atom. The summed E-state index contributed by atoms with van der Waals surface area (Å²) in [5.74, 6) is -1.65. The average molecular weight is 338 g/mol. The second-order valence-electron chi connectivity index (χ2n) is 6.27. The molecular formula is C17H17F3N2O2. The van der Waals surface area contributed by atoms with Crippen LogP contribution in [-0.2, 0) is 10.2 Å². The zero-order valence-corrected chi connectivity index (χ0v) is 13.0. The lowest BCUT2D eigenvalue weighted by Crippen LogP contribution is -2.34. The van der Waals surface area contributed by atoms with Gasteiger partial charge in [-0.05, 0) is 54.9 Å². The molecule has 1 saturated carbocycles. The number of alkyl halides is 2. The molecule has 24 heavy (non-hydrogen) atoms. The monoisotopic (exact) mass is 338 g/mol. The Morgan fingerprint density at radius 3 is 2.83 bits per heavy atom. The third kappa shape index (κ3) is 2.57. The van der Waals surface area contributed by atoms with Crippen molar-refractivity contribution < 1.29 is 23.1 Å². The molecule has 0 aliphatic heterocycles. The van der Waals surface area contributed by atoms with E-state index in [0.29, 0.717) is 34.2 Å². The number of nitrogens with zero attached hydrogens (tertiary/aromatic N) is 2. The maximum atomic E-state index is 13.9. The minimum atomic E-state index is -2.73. The van der Waals surface area contributed by atoms with E-state index in [4.69, 9.17) is 0 Å². The molecule has 1 N–H and O–H groups in total. The van der Waals surface area contributed by atoms with E-state index < -0.39 is 23.8 Å². The van der Waals surface area contributed by atoms with Gasteiger partial charge >= 0.3 is 12.5 Å². The standard InChI is InChI=1S/C17H17F3N2O2/c1-10-13(3-2-4-14(10)18)17(15(23)24)6-5-11(7-17)12-8-21-22(9-12)16(19)20/h2-4,8-9,11,16H,5-7H2,1H3,(H,23,24)/t11-,17-/m0/s1. The number of carboxylic acid groups (broad SMARTS) is 1. The summed E-state index contributed by atoms with van der Waals surface area (Å²) in [5.41, 5.74) is 0.166. The topological polar surface area (TPSA) is 55.1 Å². The molecule has 0 radical (unpaired) electrons. The van der Waals surface area contributed by atoms with Crippen LogP contribution in [0.15, 0.2) is 30.6 Å². The van der Waals surface area contributed by atoms with Gasteiger partial charge in [0.1, 0.15) is 5.82 Å². The first-order valence-electron chi connectivity index (χ1n) is 7.66. The Hall–Kier alpha value is -2.31. The molecule has 0 amide bonds. The Morgan fingerprint density at radius 2 is 2.21 bits per heavy atom. The van der Waals surface area contributed by atoms with Crippen LogP contribution in [0.5, 0.6) is 0 Å². The maximum absolute atomic E-state index is 13.9. The predicted octanol–water partition coefficient (Wildman–Crippen LogP) is 4.02. The van der Waals surface area contributed by atoms with Crippen molar-refractivity contribution in [2.75, 3.05) is 0 Å². The van der Waals surface area contributed by atoms with Crippen molar-refractivity contribution in [3.05, 3.63) is 53.1 Å². The molecule has 0 bridgehead atoms. The van der Waals surface area contributed by atoms with E-state index in [1.807, 2.05) is 0 Å². The lowest BCUT2D eigenvalue weighted by molar-refractivity contribution is -0.143. The lowest BCUT2D eigenvalue weighted by Gasteiger charge is -2.27. The zero-order chi connectivity index (χ0) is 17.5. The lowest BCUT2D eigenvalue weighted by atomic mass is 9.76. The summed E-state index contributed by atoms with van der Waals surface area (Å²) in [5, 5.41) is 13.4. The van der Waals surface area contributed by atoms with E-state index >= 15 is 0 Å². The van der Waals surface area contributed by atoms with Gasteiger partial charge in [0, 0.05) is 6.20 Å². The Kier molecular flexibility index (Phi) is 4.11.